The lowest BCUT2D eigenvalue weighted by molar-refractivity contribution is 0.646. The molecule has 0 N–H and O–H groups in total. The van der Waals surface area contributed by atoms with Gasteiger partial charge in [0.15, 0.2) is 0 Å². The summed E-state index contributed by atoms with van der Waals surface area (Å²) >= 11 is 3.97. The molecule has 2 heterocycles. The Balaban J connectivity index is 1.45. The molecule has 7 rings (SSSR count). The van der Waals surface area contributed by atoms with E-state index in [0.29, 0.717) is 0 Å². The monoisotopic (exact) mass is 530 g/mol. The average molecular weight is 531 g/mol. The molecule has 38 heavy (non-hydrogen) atoms. The maximum atomic E-state index is 2.48. The minimum atomic E-state index is -0.0159. The molecule has 0 fully saturated rings. The van der Waals surface area contributed by atoms with Crippen molar-refractivity contribution in [2.75, 3.05) is 0 Å². The summed E-state index contributed by atoms with van der Waals surface area (Å²) in [6.07, 6.45) is 0. The summed E-state index contributed by atoms with van der Waals surface area (Å²) in [4.78, 5) is 5.73. The van der Waals surface area contributed by atoms with E-state index in [-0.39, 0.29) is 10.8 Å². The highest BCUT2D eigenvalue weighted by molar-refractivity contribution is 7.19. The molecule has 0 spiro atoms. The third kappa shape index (κ3) is 3.08. The van der Waals surface area contributed by atoms with E-state index in [1.807, 2.05) is 22.7 Å². The van der Waals surface area contributed by atoms with Gasteiger partial charge in [0.2, 0.25) is 0 Å². The molecule has 0 aliphatic heterocycles. The van der Waals surface area contributed by atoms with Gasteiger partial charge in [0.05, 0.1) is 0 Å². The molecule has 0 amide bonds. The van der Waals surface area contributed by atoms with Crippen molar-refractivity contribution in [3.8, 4) is 41.8 Å². The molecule has 2 aromatic heterocycles. The fourth-order valence-electron chi connectivity index (χ4n) is 7.20. The van der Waals surface area contributed by atoms with Crippen LogP contribution in [0.1, 0.15) is 72.2 Å². The predicted molar refractivity (Wildman–Crippen MR) is 167 cm³/mol. The Morgan fingerprint density at radius 3 is 1.18 bits per heavy atom. The van der Waals surface area contributed by atoms with Gasteiger partial charge in [-0.2, -0.15) is 0 Å². The molecule has 0 saturated heterocycles. The minimum Gasteiger partial charge on any atom is -0.135 e. The average Bonchev–Trinajstić information content (AvgIpc) is 3.59. The number of fused-ring (bicyclic) bond motifs is 6. The zero-order valence-electron chi connectivity index (χ0n) is 23.6. The second kappa shape index (κ2) is 7.81. The van der Waals surface area contributed by atoms with Gasteiger partial charge in [0, 0.05) is 30.3 Å². The van der Waals surface area contributed by atoms with Gasteiger partial charge in [-0.25, -0.2) is 0 Å². The highest BCUT2D eigenvalue weighted by Gasteiger charge is 2.47. The number of hydrogen-bond acceptors (Lipinski definition) is 2. The van der Waals surface area contributed by atoms with Crippen LogP contribution in [0, 0.1) is 27.7 Å². The summed E-state index contributed by atoms with van der Waals surface area (Å²) in [6, 6.07) is 23.0. The lowest BCUT2D eigenvalue weighted by Gasteiger charge is -2.29. The quantitative estimate of drug-likeness (QED) is 0.213. The topological polar surface area (TPSA) is 0 Å². The SMILES string of the molecule is Cc1ccc(-c2cc3c(s2)-c2c(C)c4c(c(C)c2C3(C)C)-c2sc(-c3ccc(C)cc3)cc2C4(C)C)cc1. The number of rotatable bonds is 2. The molecule has 0 saturated carbocycles. The van der Waals surface area contributed by atoms with Gasteiger partial charge in [-0.05, 0) is 95.5 Å². The molecule has 0 radical (unpaired) electrons. The Morgan fingerprint density at radius 2 is 0.842 bits per heavy atom. The number of hydrogen-bond donors (Lipinski definition) is 0. The normalized spacial score (nSPS) is 15.8. The summed E-state index contributed by atoms with van der Waals surface area (Å²) in [5.74, 6) is 0. The van der Waals surface area contributed by atoms with Gasteiger partial charge >= 0.3 is 0 Å². The van der Waals surface area contributed by atoms with E-state index < -0.39 is 0 Å². The molecule has 2 heteroatoms. The summed E-state index contributed by atoms with van der Waals surface area (Å²) in [7, 11) is 0. The van der Waals surface area contributed by atoms with Crippen LogP contribution in [0.4, 0.5) is 0 Å². The fraction of sp³-hybridized carbons (Fsp3) is 0.278. The van der Waals surface area contributed by atoms with Crippen molar-refractivity contribution in [1.82, 2.24) is 0 Å². The fourth-order valence-corrected chi connectivity index (χ4v) is 10.1. The van der Waals surface area contributed by atoms with Gasteiger partial charge in [0.1, 0.15) is 0 Å². The van der Waals surface area contributed by atoms with Crippen molar-refractivity contribution < 1.29 is 0 Å². The van der Waals surface area contributed by atoms with E-state index in [4.69, 9.17) is 0 Å². The van der Waals surface area contributed by atoms with E-state index in [2.05, 4.69) is 116 Å². The van der Waals surface area contributed by atoms with Crippen LogP contribution in [-0.2, 0) is 10.8 Å². The van der Waals surface area contributed by atoms with Crippen LogP contribution in [0.5, 0.6) is 0 Å². The smallest absolute Gasteiger partial charge is 0.0396 e. The Hall–Kier alpha value is -2.94. The first-order chi connectivity index (χ1) is 18.0. The lowest BCUT2D eigenvalue weighted by Crippen LogP contribution is -2.20. The van der Waals surface area contributed by atoms with Crippen LogP contribution >= 0.6 is 22.7 Å². The third-order valence-corrected chi connectivity index (χ3v) is 11.6. The molecule has 2 aliphatic carbocycles. The van der Waals surface area contributed by atoms with Crippen LogP contribution < -0.4 is 0 Å². The Labute approximate surface area is 235 Å². The van der Waals surface area contributed by atoms with Crippen molar-refractivity contribution >= 4 is 22.7 Å². The number of aryl methyl sites for hydroxylation is 2. The van der Waals surface area contributed by atoms with E-state index in [9.17, 15) is 0 Å². The maximum Gasteiger partial charge on any atom is 0.0396 e. The van der Waals surface area contributed by atoms with E-state index >= 15 is 0 Å². The molecule has 3 aromatic carbocycles. The van der Waals surface area contributed by atoms with Crippen LogP contribution in [0.3, 0.4) is 0 Å². The van der Waals surface area contributed by atoms with Gasteiger partial charge in [-0.3, -0.25) is 0 Å². The Morgan fingerprint density at radius 1 is 0.500 bits per heavy atom. The highest BCUT2D eigenvalue weighted by atomic mass is 32.1. The molecule has 190 valence electrons. The minimum absolute atomic E-state index is 0.0159. The second-order valence-electron chi connectivity index (χ2n) is 12.4. The Kier molecular flexibility index (Phi) is 4.96. The lowest BCUT2D eigenvalue weighted by atomic mass is 9.74. The second-order valence-corrected chi connectivity index (χ2v) is 14.5. The molecule has 0 bridgehead atoms. The zero-order valence-corrected chi connectivity index (χ0v) is 25.2. The Bertz CT molecular complexity index is 1630. The molecular formula is C36H34S2. The van der Waals surface area contributed by atoms with Gasteiger partial charge < -0.3 is 0 Å². The summed E-state index contributed by atoms with van der Waals surface area (Å²) in [5, 5.41) is 0. The highest BCUT2D eigenvalue weighted by Crippen LogP contribution is 2.63. The van der Waals surface area contributed by atoms with Crippen LogP contribution in [0.25, 0.3) is 41.8 Å². The number of thiophene rings is 2. The summed E-state index contributed by atoms with van der Waals surface area (Å²) < 4.78 is 0. The molecule has 5 aromatic rings. The largest absolute Gasteiger partial charge is 0.135 e. The standard InChI is InChI=1S/C36H34S2/c1-19-9-13-23(14-10-19)27-17-25-33(37-27)29-21(3)32-30(22(4)31(29)35(25,5)6)34-26(36(32,7)8)18-28(38-34)24-15-11-20(2)12-16-24/h9-18H,1-8H3. The molecule has 0 nitrogen and oxygen atoms in total. The van der Waals surface area contributed by atoms with Gasteiger partial charge in [-0.15, -0.1) is 22.7 Å². The molecule has 2 aliphatic rings. The summed E-state index contributed by atoms with van der Waals surface area (Å²) in [6.45, 7) is 18.9. The molecule has 0 unspecified atom stereocenters. The first kappa shape index (κ1) is 24.1. The third-order valence-electron chi connectivity index (χ3n) is 9.19. The van der Waals surface area contributed by atoms with Gasteiger partial charge in [-0.1, -0.05) is 87.4 Å². The van der Waals surface area contributed by atoms with Crippen molar-refractivity contribution in [3.63, 3.8) is 0 Å². The predicted octanol–water partition coefficient (Wildman–Crippen LogP) is 11.0. The number of benzene rings is 3. The van der Waals surface area contributed by atoms with Crippen LogP contribution in [0.15, 0.2) is 60.7 Å². The maximum absolute atomic E-state index is 2.48. The zero-order chi connectivity index (χ0) is 26.7. The van der Waals surface area contributed by atoms with Crippen molar-refractivity contribution in [2.24, 2.45) is 0 Å². The van der Waals surface area contributed by atoms with Crippen LogP contribution in [0.2, 0.25) is 0 Å². The first-order valence-corrected chi connectivity index (χ1v) is 15.2. The van der Waals surface area contributed by atoms with E-state index in [1.54, 1.807) is 11.1 Å². The van der Waals surface area contributed by atoms with Crippen molar-refractivity contribution in [3.05, 3.63) is 105 Å². The molecule has 0 atom stereocenters. The summed E-state index contributed by atoms with van der Waals surface area (Å²) in [5.41, 5.74) is 17.3. The molecular weight excluding hydrogens is 497 g/mol. The van der Waals surface area contributed by atoms with E-state index in [1.165, 1.54) is 75.1 Å². The van der Waals surface area contributed by atoms with E-state index in [0.717, 1.165) is 0 Å². The van der Waals surface area contributed by atoms with Crippen molar-refractivity contribution in [2.45, 2.75) is 66.2 Å². The van der Waals surface area contributed by atoms with Gasteiger partial charge in [0.25, 0.3) is 0 Å². The first-order valence-electron chi connectivity index (χ1n) is 13.6. The van der Waals surface area contributed by atoms with Crippen molar-refractivity contribution in [1.29, 1.82) is 0 Å². The van der Waals surface area contributed by atoms with Crippen LogP contribution in [-0.4, -0.2) is 0 Å².